The Morgan fingerprint density at radius 3 is 2.26 bits per heavy atom. The number of anilines is 1. The molecule has 2 amide bonds. The lowest BCUT2D eigenvalue weighted by atomic mass is 9.81. The average molecular weight is 599 g/mol. The summed E-state index contributed by atoms with van der Waals surface area (Å²) in [5, 5.41) is 11.6. The number of hydrogen-bond acceptors (Lipinski definition) is 5. The molecule has 0 aromatic heterocycles. The molecule has 1 aromatic carbocycles. The summed E-state index contributed by atoms with van der Waals surface area (Å²) in [7, 11) is 0. The van der Waals surface area contributed by atoms with Gasteiger partial charge in [0.2, 0.25) is 5.91 Å². The van der Waals surface area contributed by atoms with Gasteiger partial charge in [0.05, 0.1) is 0 Å². The number of carboxylic acid groups (broad SMARTS) is 1. The van der Waals surface area contributed by atoms with Crippen LogP contribution in [0.5, 0.6) is 0 Å². The molecule has 240 valence electrons. The van der Waals surface area contributed by atoms with E-state index in [9.17, 15) is 19.2 Å². The molecule has 2 aliphatic carbocycles. The number of piperidine rings is 1. The summed E-state index contributed by atoms with van der Waals surface area (Å²) in [6.07, 6.45) is 14.5. The van der Waals surface area contributed by atoms with Crippen LogP contribution in [0.1, 0.15) is 134 Å². The van der Waals surface area contributed by atoms with Crippen molar-refractivity contribution < 1.29 is 29.0 Å². The molecule has 1 aromatic rings. The van der Waals surface area contributed by atoms with E-state index in [-0.39, 0.29) is 30.1 Å². The largest absolute Gasteiger partial charge is 0.481 e. The zero-order valence-corrected chi connectivity index (χ0v) is 26.9. The lowest BCUT2D eigenvalue weighted by Gasteiger charge is -2.33. The van der Waals surface area contributed by atoms with Crippen molar-refractivity contribution in [1.29, 1.82) is 0 Å². The highest BCUT2D eigenvalue weighted by Crippen LogP contribution is 2.30. The van der Waals surface area contributed by atoms with Gasteiger partial charge in [-0.05, 0) is 108 Å². The second kappa shape index (κ2) is 16.8. The third-order valence-electron chi connectivity index (χ3n) is 9.05. The molecule has 0 radical (unpaired) electrons. The zero-order chi connectivity index (χ0) is 31.4. The van der Waals surface area contributed by atoms with E-state index in [0.717, 1.165) is 74.1 Å². The summed E-state index contributed by atoms with van der Waals surface area (Å²) in [6.45, 7) is 9.10. The lowest BCUT2D eigenvalue weighted by Crippen LogP contribution is -2.41. The molecule has 2 N–H and O–H groups in total. The van der Waals surface area contributed by atoms with Gasteiger partial charge in [-0.15, -0.1) is 0 Å². The fourth-order valence-electron chi connectivity index (χ4n) is 6.50. The van der Waals surface area contributed by atoms with Crippen LogP contribution in [0.2, 0.25) is 0 Å². The number of likely N-dealkylation sites (tertiary alicyclic amines) is 1. The summed E-state index contributed by atoms with van der Waals surface area (Å²) in [5.74, 6) is 1.09. The van der Waals surface area contributed by atoms with Crippen molar-refractivity contribution in [3.05, 3.63) is 29.3 Å². The highest BCUT2D eigenvalue weighted by molar-refractivity contribution is 6.01. The van der Waals surface area contributed by atoms with Crippen molar-refractivity contribution in [2.75, 3.05) is 18.4 Å². The van der Waals surface area contributed by atoms with Gasteiger partial charge in [0.15, 0.2) is 5.78 Å². The van der Waals surface area contributed by atoms with Crippen LogP contribution in [-0.2, 0) is 20.7 Å². The highest BCUT2D eigenvalue weighted by atomic mass is 16.6. The Labute approximate surface area is 258 Å². The van der Waals surface area contributed by atoms with Crippen LogP contribution in [0.15, 0.2) is 18.2 Å². The molecule has 1 unspecified atom stereocenters. The summed E-state index contributed by atoms with van der Waals surface area (Å²) in [5.41, 5.74) is 2.34. The van der Waals surface area contributed by atoms with Crippen LogP contribution in [-0.4, -0.2) is 52.4 Å². The second-order valence-electron chi connectivity index (χ2n) is 13.7. The van der Waals surface area contributed by atoms with E-state index < -0.39 is 11.6 Å². The molecule has 0 bridgehead atoms. The van der Waals surface area contributed by atoms with Gasteiger partial charge in [-0.1, -0.05) is 39.0 Å². The van der Waals surface area contributed by atoms with E-state index in [1.54, 1.807) is 4.90 Å². The van der Waals surface area contributed by atoms with Crippen LogP contribution >= 0.6 is 0 Å². The number of carbonyl (C=O) groups excluding carboxylic acids is 3. The fraction of sp³-hybridized carbons (Fsp3) is 0.714. The number of carboxylic acids is 1. The number of ketones is 1. The highest BCUT2D eigenvalue weighted by Gasteiger charge is 2.27. The Morgan fingerprint density at radius 1 is 0.953 bits per heavy atom. The molecule has 1 atom stereocenters. The van der Waals surface area contributed by atoms with Crippen LogP contribution in [0.4, 0.5) is 10.5 Å². The Hall–Kier alpha value is -2.90. The molecule has 8 nitrogen and oxygen atoms in total. The van der Waals surface area contributed by atoms with Crippen molar-refractivity contribution in [2.24, 2.45) is 17.8 Å². The number of Topliss-reactive ketones (excluding diaryl/α,β-unsaturated/α-hetero) is 1. The predicted octanol–water partition coefficient (Wildman–Crippen LogP) is 8.03. The third kappa shape index (κ3) is 12.0. The molecule has 4 rings (SSSR count). The van der Waals surface area contributed by atoms with Gasteiger partial charge >= 0.3 is 12.1 Å². The van der Waals surface area contributed by atoms with Crippen LogP contribution < -0.4 is 5.32 Å². The van der Waals surface area contributed by atoms with Gasteiger partial charge in [-0.25, -0.2) is 4.79 Å². The summed E-state index contributed by atoms with van der Waals surface area (Å²) in [4.78, 5) is 48.6. The molecule has 2 fully saturated rings. The van der Waals surface area contributed by atoms with E-state index >= 15 is 0 Å². The minimum Gasteiger partial charge on any atom is -0.481 e. The van der Waals surface area contributed by atoms with Gasteiger partial charge in [0.1, 0.15) is 5.60 Å². The van der Waals surface area contributed by atoms with Crippen molar-refractivity contribution in [3.8, 4) is 0 Å². The number of benzene rings is 1. The van der Waals surface area contributed by atoms with Crippen LogP contribution in [0.3, 0.4) is 0 Å². The minimum absolute atomic E-state index is 0.106. The maximum Gasteiger partial charge on any atom is 0.410 e. The van der Waals surface area contributed by atoms with E-state index in [2.05, 4.69) is 12.2 Å². The van der Waals surface area contributed by atoms with Gasteiger partial charge in [0.25, 0.3) is 0 Å². The third-order valence-corrected chi connectivity index (χ3v) is 9.05. The topological polar surface area (TPSA) is 113 Å². The fourth-order valence-corrected chi connectivity index (χ4v) is 6.50. The first-order chi connectivity index (χ1) is 20.4. The smallest absolute Gasteiger partial charge is 0.410 e. The first-order valence-electron chi connectivity index (χ1n) is 16.6. The average Bonchev–Trinajstić information content (AvgIpc) is 2.96. The number of fused-ring (bicyclic) bond motifs is 1. The molecular formula is C35H54N2O6. The monoisotopic (exact) mass is 598 g/mol. The SMILES string of the molecule is CC(C)(C)OC(=O)N1CCC(CCCC(=O)O)CC1.CCC1CCc2cc(NC(=O)CCC3CCCCC3)ccc2C1=O. The van der Waals surface area contributed by atoms with Crippen molar-refractivity contribution in [3.63, 3.8) is 0 Å². The molecule has 8 heteroatoms. The predicted molar refractivity (Wildman–Crippen MR) is 169 cm³/mol. The van der Waals surface area contributed by atoms with Gasteiger partial charge in [0, 0.05) is 43.1 Å². The molecule has 1 saturated heterocycles. The molecule has 1 saturated carbocycles. The van der Waals surface area contributed by atoms with E-state index in [1.165, 1.54) is 32.1 Å². The standard InChI is InChI=1S/C21H29NO2.C14H25NO4/c1-2-16-9-10-17-14-18(11-12-19(17)21(16)24)22-20(23)13-8-15-6-4-3-5-7-15;1-14(2,3)19-13(18)15-9-7-11(8-10-15)5-4-6-12(16)17/h11-12,14-16H,2-10,13H2,1H3,(H,22,23);11H,4-10H2,1-3H3,(H,16,17). The number of aryl methyl sites for hydroxylation is 1. The Morgan fingerprint density at radius 2 is 1.63 bits per heavy atom. The van der Waals surface area contributed by atoms with Crippen molar-refractivity contribution in [1.82, 2.24) is 4.90 Å². The maximum absolute atomic E-state index is 12.4. The first-order valence-corrected chi connectivity index (χ1v) is 16.6. The molecule has 1 aliphatic heterocycles. The number of aliphatic carboxylic acids is 1. The Balaban J connectivity index is 0.000000243. The number of carbonyl (C=O) groups is 4. The van der Waals surface area contributed by atoms with E-state index in [1.807, 2.05) is 39.0 Å². The second-order valence-corrected chi connectivity index (χ2v) is 13.7. The molecule has 43 heavy (non-hydrogen) atoms. The summed E-state index contributed by atoms with van der Waals surface area (Å²) < 4.78 is 5.33. The Bertz CT molecular complexity index is 1080. The summed E-state index contributed by atoms with van der Waals surface area (Å²) >= 11 is 0. The zero-order valence-electron chi connectivity index (χ0n) is 26.9. The van der Waals surface area contributed by atoms with Crippen molar-refractivity contribution >= 4 is 29.4 Å². The molecule has 0 spiro atoms. The maximum atomic E-state index is 12.4. The van der Waals surface area contributed by atoms with E-state index in [0.29, 0.717) is 25.4 Å². The first kappa shape index (κ1) is 34.6. The number of nitrogens with zero attached hydrogens (tertiary/aromatic N) is 1. The molecule has 1 heterocycles. The van der Waals surface area contributed by atoms with Crippen molar-refractivity contribution in [2.45, 2.75) is 130 Å². The minimum atomic E-state index is -0.730. The number of hydrogen-bond donors (Lipinski definition) is 2. The number of rotatable bonds is 9. The van der Waals surface area contributed by atoms with E-state index in [4.69, 9.17) is 9.84 Å². The van der Waals surface area contributed by atoms with Crippen LogP contribution in [0, 0.1) is 17.8 Å². The Kier molecular flexibility index (Phi) is 13.5. The normalized spacial score (nSPS) is 19.6. The summed E-state index contributed by atoms with van der Waals surface area (Å²) in [6, 6.07) is 5.78. The number of amides is 2. The van der Waals surface area contributed by atoms with Crippen LogP contribution in [0.25, 0.3) is 0 Å². The quantitative estimate of drug-likeness (QED) is 0.298. The number of ether oxygens (including phenoxy) is 1. The van der Waals surface area contributed by atoms with Gasteiger partial charge < -0.3 is 20.1 Å². The molecular weight excluding hydrogens is 544 g/mol. The van der Waals surface area contributed by atoms with Gasteiger partial charge in [-0.2, -0.15) is 0 Å². The number of nitrogens with one attached hydrogen (secondary N) is 1. The van der Waals surface area contributed by atoms with Gasteiger partial charge in [-0.3, -0.25) is 14.4 Å². The lowest BCUT2D eigenvalue weighted by molar-refractivity contribution is -0.137. The molecule has 3 aliphatic rings.